The largest absolute Gasteiger partial charge is 0.368 e. The van der Waals surface area contributed by atoms with Gasteiger partial charge in [-0.2, -0.15) is 0 Å². The molecule has 2 rings (SSSR count). The fourth-order valence-electron chi connectivity index (χ4n) is 1.96. The molecule has 0 amide bonds. The Balaban J connectivity index is 2.19. The maximum Gasteiger partial charge on any atom is 0.155 e. The van der Waals surface area contributed by atoms with Crippen LogP contribution in [-0.2, 0) is 4.74 Å². The Morgan fingerprint density at radius 2 is 1.93 bits per heavy atom. The van der Waals surface area contributed by atoms with Gasteiger partial charge in [-0.1, -0.05) is 36.8 Å². The lowest BCUT2D eigenvalue weighted by Gasteiger charge is -2.14. The summed E-state index contributed by atoms with van der Waals surface area (Å²) in [7, 11) is 0. The van der Waals surface area contributed by atoms with Crippen LogP contribution in [0.3, 0.4) is 0 Å². The minimum Gasteiger partial charge on any atom is -0.368 e. The highest BCUT2D eigenvalue weighted by Gasteiger charge is 2.31. The van der Waals surface area contributed by atoms with E-state index in [4.69, 9.17) is 4.74 Å². The minimum atomic E-state index is -0.587. The fraction of sp³-hybridized carbons (Fsp3) is 0.500. The van der Waals surface area contributed by atoms with Crippen molar-refractivity contribution in [2.75, 3.05) is 0 Å². The molecular weight excluding hydrogens is 176 g/mol. The molecule has 1 heterocycles. The summed E-state index contributed by atoms with van der Waals surface area (Å²) >= 11 is 0. The maximum atomic E-state index is 9.36. The normalized spacial score (nSPS) is 32.1. The Bertz CT molecular complexity index is 305. The molecule has 1 saturated heterocycles. The predicted octanol–water partition coefficient (Wildman–Crippen LogP) is 2.41. The molecule has 0 radical (unpaired) electrons. The van der Waals surface area contributed by atoms with Crippen molar-refractivity contribution in [3.63, 3.8) is 0 Å². The van der Waals surface area contributed by atoms with Crippen molar-refractivity contribution in [3.05, 3.63) is 35.4 Å². The Kier molecular flexibility index (Phi) is 2.57. The van der Waals surface area contributed by atoms with E-state index < -0.39 is 6.29 Å². The van der Waals surface area contributed by atoms with Crippen molar-refractivity contribution >= 4 is 0 Å². The molecule has 1 aliphatic rings. The summed E-state index contributed by atoms with van der Waals surface area (Å²) in [6.07, 6.45) is 0.209. The molecule has 2 heteroatoms. The molecule has 0 saturated carbocycles. The first-order valence-corrected chi connectivity index (χ1v) is 5.07. The zero-order valence-corrected chi connectivity index (χ0v) is 8.60. The Labute approximate surface area is 84.5 Å². The van der Waals surface area contributed by atoms with Crippen molar-refractivity contribution in [1.29, 1.82) is 0 Å². The van der Waals surface area contributed by atoms with E-state index in [0.29, 0.717) is 5.92 Å². The van der Waals surface area contributed by atoms with Crippen LogP contribution in [0.5, 0.6) is 0 Å². The molecule has 1 aliphatic heterocycles. The number of rotatable bonds is 1. The number of ether oxygens (including phenoxy) is 1. The maximum absolute atomic E-state index is 9.36. The van der Waals surface area contributed by atoms with Crippen molar-refractivity contribution in [1.82, 2.24) is 0 Å². The van der Waals surface area contributed by atoms with E-state index in [9.17, 15) is 5.11 Å². The zero-order chi connectivity index (χ0) is 10.1. The van der Waals surface area contributed by atoms with E-state index in [0.717, 1.165) is 6.42 Å². The number of aryl methyl sites for hydroxylation is 1. The molecule has 1 aromatic rings. The second kappa shape index (κ2) is 3.71. The van der Waals surface area contributed by atoms with Gasteiger partial charge in [0, 0.05) is 6.42 Å². The summed E-state index contributed by atoms with van der Waals surface area (Å²) in [4.78, 5) is 0. The molecule has 3 unspecified atom stereocenters. The predicted molar refractivity (Wildman–Crippen MR) is 54.8 cm³/mol. The van der Waals surface area contributed by atoms with Crippen LogP contribution in [0.4, 0.5) is 0 Å². The van der Waals surface area contributed by atoms with E-state index in [2.05, 4.69) is 38.1 Å². The van der Waals surface area contributed by atoms with E-state index >= 15 is 0 Å². The van der Waals surface area contributed by atoms with Crippen LogP contribution < -0.4 is 0 Å². The molecule has 0 spiro atoms. The summed E-state index contributed by atoms with van der Waals surface area (Å²) in [5, 5.41) is 9.36. The Morgan fingerprint density at radius 3 is 2.43 bits per heavy atom. The van der Waals surface area contributed by atoms with Crippen LogP contribution in [0.2, 0.25) is 0 Å². The summed E-state index contributed by atoms with van der Waals surface area (Å²) in [5.74, 6) is 0.396. The standard InChI is InChI=1S/C12H16O2/c1-8-3-5-10(6-4-8)12-9(2)7-11(13)14-12/h3-6,9,11-13H,7H2,1-2H3. The molecule has 1 fully saturated rings. The second-order valence-electron chi connectivity index (χ2n) is 4.14. The third kappa shape index (κ3) is 1.81. The molecule has 0 aromatic heterocycles. The topological polar surface area (TPSA) is 29.5 Å². The van der Waals surface area contributed by atoms with Gasteiger partial charge in [0.15, 0.2) is 6.29 Å². The highest BCUT2D eigenvalue weighted by molar-refractivity contribution is 5.24. The quantitative estimate of drug-likeness (QED) is 0.740. The van der Waals surface area contributed by atoms with Gasteiger partial charge in [0.1, 0.15) is 0 Å². The fourth-order valence-corrected chi connectivity index (χ4v) is 1.96. The molecule has 3 atom stereocenters. The summed E-state index contributed by atoms with van der Waals surface area (Å²) < 4.78 is 5.46. The highest BCUT2D eigenvalue weighted by atomic mass is 16.6. The van der Waals surface area contributed by atoms with Gasteiger partial charge in [-0.15, -0.1) is 0 Å². The second-order valence-corrected chi connectivity index (χ2v) is 4.14. The smallest absolute Gasteiger partial charge is 0.155 e. The zero-order valence-electron chi connectivity index (χ0n) is 8.60. The highest BCUT2D eigenvalue weighted by Crippen LogP contribution is 2.36. The van der Waals surface area contributed by atoms with Crippen molar-refractivity contribution in [2.24, 2.45) is 5.92 Å². The monoisotopic (exact) mass is 192 g/mol. The lowest BCUT2D eigenvalue weighted by atomic mass is 9.96. The number of aliphatic hydroxyl groups excluding tert-OH is 1. The molecule has 2 nitrogen and oxygen atoms in total. The van der Waals surface area contributed by atoms with Crippen LogP contribution >= 0.6 is 0 Å². The van der Waals surface area contributed by atoms with Crippen LogP contribution in [0.25, 0.3) is 0 Å². The van der Waals surface area contributed by atoms with Gasteiger partial charge in [0.25, 0.3) is 0 Å². The lowest BCUT2D eigenvalue weighted by Crippen LogP contribution is -2.05. The molecular formula is C12H16O2. The molecule has 0 aliphatic carbocycles. The van der Waals surface area contributed by atoms with Crippen LogP contribution in [-0.4, -0.2) is 11.4 Å². The van der Waals surface area contributed by atoms with Crippen LogP contribution in [0, 0.1) is 12.8 Å². The molecule has 0 bridgehead atoms. The number of aliphatic hydroxyl groups is 1. The minimum absolute atomic E-state index is 0.0607. The number of hydrogen-bond acceptors (Lipinski definition) is 2. The molecule has 76 valence electrons. The average Bonchev–Trinajstić information content (AvgIpc) is 2.47. The van der Waals surface area contributed by atoms with Gasteiger partial charge in [0.2, 0.25) is 0 Å². The van der Waals surface area contributed by atoms with E-state index in [1.807, 2.05) is 0 Å². The summed E-state index contributed by atoms with van der Waals surface area (Å²) in [5.41, 5.74) is 2.42. The third-order valence-electron chi connectivity index (χ3n) is 2.80. The van der Waals surface area contributed by atoms with Crippen LogP contribution in [0.1, 0.15) is 30.6 Å². The average molecular weight is 192 g/mol. The van der Waals surface area contributed by atoms with E-state index in [1.54, 1.807) is 0 Å². The van der Waals surface area contributed by atoms with Gasteiger partial charge in [-0.3, -0.25) is 0 Å². The van der Waals surface area contributed by atoms with Gasteiger partial charge in [-0.05, 0) is 18.4 Å². The van der Waals surface area contributed by atoms with E-state index in [-0.39, 0.29) is 6.10 Å². The van der Waals surface area contributed by atoms with Crippen LogP contribution in [0.15, 0.2) is 24.3 Å². The van der Waals surface area contributed by atoms with Crippen molar-refractivity contribution < 1.29 is 9.84 Å². The number of hydrogen-bond donors (Lipinski definition) is 1. The summed E-state index contributed by atoms with van der Waals surface area (Å²) in [6.45, 7) is 4.18. The van der Waals surface area contributed by atoms with Gasteiger partial charge in [-0.25, -0.2) is 0 Å². The summed E-state index contributed by atoms with van der Waals surface area (Å²) in [6, 6.07) is 8.31. The first kappa shape index (κ1) is 9.69. The Morgan fingerprint density at radius 1 is 1.29 bits per heavy atom. The van der Waals surface area contributed by atoms with Crippen molar-refractivity contribution in [3.8, 4) is 0 Å². The molecule has 1 N–H and O–H groups in total. The SMILES string of the molecule is Cc1ccc(C2OC(O)CC2C)cc1. The molecule has 14 heavy (non-hydrogen) atoms. The lowest BCUT2D eigenvalue weighted by molar-refractivity contribution is -0.0931. The first-order valence-electron chi connectivity index (χ1n) is 5.07. The van der Waals surface area contributed by atoms with Gasteiger partial charge < -0.3 is 9.84 Å². The van der Waals surface area contributed by atoms with E-state index in [1.165, 1.54) is 11.1 Å². The third-order valence-corrected chi connectivity index (χ3v) is 2.80. The molecule has 1 aromatic carbocycles. The Hall–Kier alpha value is -0.860. The van der Waals surface area contributed by atoms with Gasteiger partial charge >= 0.3 is 0 Å². The van der Waals surface area contributed by atoms with Crippen molar-refractivity contribution in [2.45, 2.75) is 32.7 Å². The number of benzene rings is 1. The van der Waals surface area contributed by atoms with Gasteiger partial charge in [0.05, 0.1) is 6.10 Å². The first-order chi connectivity index (χ1) is 6.66.